The maximum Gasteiger partial charge on any atom is 0.179 e. The minimum absolute atomic E-state index is 0.0405. The molecule has 190 valence electrons. The maximum atomic E-state index is 13.8. The summed E-state index contributed by atoms with van der Waals surface area (Å²) in [5.41, 5.74) is 1.47. The SMILES string of the molecule is C=C(/C=C\C(=C/C)OC)[C@H]1c2cc(N(C)C)ccc2S(=O)(=O)CC(CCCC)(CCCC)C1O. The predicted molar refractivity (Wildman–Crippen MR) is 142 cm³/mol. The second-order valence-corrected chi connectivity index (χ2v) is 11.6. The fraction of sp³-hybridized carbons (Fsp3) is 0.571. The van der Waals surface area contributed by atoms with Crippen molar-refractivity contribution < 1.29 is 18.3 Å². The van der Waals surface area contributed by atoms with Gasteiger partial charge in [0.05, 0.1) is 23.9 Å². The van der Waals surface area contributed by atoms with Crippen LogP contribution in [-0.2, 0) is 14.6 Å². The first kappa shape index (κ1) is 28.2. The van der Waals surface area contributed by atoms with Gasteiger partial charge in [0.25, 0.3) is 0 Å². The van der Waals surface area contributed by atoms with Gasteiger partial charge < -0.3 is 14.7 Å². The number of ether oxygens (including phenoxy) is 1. The lowest BCUT2D eigenvalue weighted by molar-refractivity contribution is 0.0126. The van der Waals surface area contributed by atoms with E-state index in [2.05, 4.69) is 20.4 Å². The summed E-state index contributed by atoms with van der Waals surface area (Å²) in [5.74, 6) is 0.107. The zero-order chi connectivity index (χ0) is 25.5. The van der Waals surface area contributed by atoms with Crippen LogP contribution in [0.15, 0.2) is 59.2 Å². The smallest absolute Gasteiger partial charge is 0.179 e. The third-order valence-electron chi connectivity index (χ3n) is 7.04. The van der Waals surface area contributed by atoms with Crippen LogP contribution in [0.5, 0.6) is 0 Å². The van der Waals surface area contributed by atoms with Gasteiger partial charge in [-0.3, -0.25) is 0 Å². The number of anilines is 1. The van der Waals surface area contributed by atoms with Crippen LogP contribution >= 0.6 is 0 Å². The lowest BCUT2D eigenvalue weighted by atomic mass is 9.68. The van der Waals surface area contributed by atoms with E-state index in [1.807, 2.05) is 56.3 Å². The molecular formula is C28H43NO4S. The van der Waals surface area contributed by atoms with Gasteiger partial charge in [0.15, 0.2) is 9.84 Å². The number of aliphatic hydroxyl groups excluding tert-OH is 1. The van der Waals surface area contributed by atoms with E-state index < -0.39 is 27.3 Å². The highest BCUT2D eigenvalue weighted by Gasteiger charge is 2.49. The minimum Gasteiger partial charge on any atom is -0.497 e. The zero-order valence-corrected chi connectivity index (χ0v) is 22.6. The molecule has 1 heterocycles. The Labute approximate surface area is 207 Å². The van der Waals surface area contributed by atoms with E-state index in [9.17, 15) is 13.5 Å². The van der Waals surface area contributed by atoms with Crippen LogP contribution in [0.25, 0.3) is 0 Å². The predicted octanol–water partition coefficient (Wildman–Crippen LogP) is 6.01. The van der Waals surface area contributed by atoms with Gasteiger partial charge in [0.1, 0.15) is 5.76 Å². The lowest BCUT2D eigenvalue weighted by Gasteiger charge is -2.40. The molecule has 0 fully saturated rings. The van der Waals surface area contributed by atoms with Crippen molar-refractivity contribution in [1.82, 2.24) is 0 Å². The summed E-state index contributed by atoms with van der Waals surface area (Å²) in [4.78, 5) is 2.26. The fourth-order valence-corrected chi connectivity index (χ4v) is 7.20. The standard InChI is InChI=1S/C28H43NO4S/c1-8-11-17-28(18-12-9-2)20-34(31,32)25-16-14-22(29(5)6)19-24(25)26(27(28)30)21(4)13-15-23(10-3)33-7/h10,13-16,19,26-27,30H,4,8-9,11-12,17-18,20H2,1-3,5-7H3/b15-13-,23-10+/t26-,27?/m0/s1. The number of nitrogens with zero attached hydrogens (tertiary/aromatic N) is 1. The number of methoxy groups -OCH3 is 1. The Morgan fingerprint density at radius 2 is 1.82 bits per heavy atom. The highest BCUT2D eigenvalue weighted by molar-refractivity contribution is 7.91. The Morgan fingerprint density at radius 3 is 2.32 bits per heavy atom. The highest BCUT2D eigenvalue weighted by Crippen LogP contribution is 2.50. The second kappa shape index (κ2) is 12.1. The van der Waals surface area contributed by atoms with Gasteiger partial charge in [-0.05, 0) is 61.3 Å². The number of allylic oxidation sites excluding steroid dienone is 3. The topological polar surface area (TPSA) is 66.8 Å². The Kier molecular flexibility index (Phi) is 10.0. The molecule has 2 atom stereocenters. The van der Waals surface area contributed by atoms with Gasteiger partial charge in [-0.25, -0.2) is 8.42 Å². The Hall–Kier alpha value is -2.05. The number of benzene rings is 1. The number of sulfone groups is 1. The molecule has 0 bridgehead atoms. The first-order chi connectivity index (χ1) is 16.1. The van der Waals surface area contributed by atoms with Crippen LogP contribution < -0.4 is 4.90 Å². The summed E-state index contributed by atoms with van der Waals surface area (Å²) in [7, 11) is 1.85. The van der Waals surface area contributed by atoms with Gasteiger partial charge in [-0.2, -0.15) is 0 Å². The van der Waals surface area contributed by atoms with Crippen LogP contribution in [0.1, 0.15) is 70.8 Å². The van der Waals surface area contributed by atoms with Crippen molar-refractivity contribution in [3.05, 3.63) is 59.9 Å². The highest BCUT2D eigenvalue weighted by atomic mass is 32.2. The molecule has 1 aliphatic rings. The zero-order valence-electron chi connectivity index (χ0n) is 21.8. The molecule has 5 nitrogen and oxygen atoms in total. The van der Waals surface area contributed by atoms with Crippen LogP contribution in [-0.4, -0.2) is 46.6 Å². The molecule has 0 saturated carbocycles. The molecule has 0 aromatic heterocycles. The molecule has 0 spiro atoms. The van der Waals surface area contributed by atoms with Crippen LogP contribution in [0, 0.1) is 5.41 Å². The lowest BCUT2D eigenvalue weighted by Crippen LogP contribution is -2.43. The molecule has 0 saturated heterocycles. The first-order valence-corrected chi connectivity index (χ1v) is 14.0. The second-order valence-electron chi connectivity index (χ2n) is 9.67. The Bertz CT molecular complexity index is 999. The van der Waals surface area contributed by atoms with Crippen molar-refractivity contribution in [2.24, 2.45) is 5.41 Å². The van der Waals surface area contributed by atoms with E-state index in [-0.39, 0.29) is 5.75 Å². The summed E-state index contributed by atoms with van der Waals surface area (Å²) in [5, 5.41) is 12.1. The number of rotatable bonds is 11. The van der Waals surface area contributed by atoms with E-state index in [1.54, 1.807) is 13.2 Å². The monoisotopic (exact) mass is 489 g/mol. The molecule has 0 amide bonds. The summed E-state index contributed by atoms with van der Waals surface area (Å²) >= 11 is 0. The molecule has 34 heavy (non-hydrogen) atoms. The van der Waals surface area contributed by atoms with E-state index in [1.165, 1.54) is 0 Å². The molecule has 1 aliphatic heterocycles. The third-order valence-corrected chi connectivity index (χ3v) is 9.04. The van der Waals surface area contributed by atoms with Crippen LogP contribution in [0.2, 0.25) is 0 Å². The van der Waals surface area contributed by atoms with Crippen molar-refractivity contribution in [2.45, 2.75) is 76.2 Å². The van der Waals surface area contributed by atoms with Crippen LogP contribution in [0.4, 0.5) is 5.69 Å². The van der Waals surface area contributed by atoms with Crippen LogP contribution in [0.3, 0.4) is 0 Å². The average Bonchev–Trinajstić information content (AvgIpc) is 2.87. The van der Waals surface area contributed by atoms with Gasteiger partial charge in [0, 0.05) is 31.1 Å². The first-order valence-electron chi connectivity index (χ1n) is 12.4. The van der Waals surface area contributed by atoms with E-state index in [4.69, 9.17) is 4.74 Å². The van der Waals surface area contributed by atoms with E-state index in [0.29, 0.717) is 34.6 Å². The van der Waals surface area contributed by atoms with Gasteiger partial charge in [-0.15, -0.1) is 0 Å². The van der Waals surface area contributed by atoms with E-state index >= 15 is 0 Å². The Balaban J connectivity index is 2.78. The van der Waals surface area contributed by atoms with Crippen molar-refractivity contribution >= 4 is 15.5 Å². The summed E-state index contributed by atoms with van der Waals surface area (Å²) in [6.07, 6.45) is 9.63. The average molecular weight is 490 g/mol. The summed E-state index contributed by atoms with van der Waals surface area (Å²) < 4.78 is 32.9. The third kappa shape index (κ3) is 6.14. The quantitative estimate of drug-likeness (QED) is 0.304. The Morgan fingerprint density at radius 1 is 1.21 bits per heavy atom. The normalized spacial score (nSPS) is 21.7. The molecule has 1 aromatic rings. The van der Waals surface area contributed by atoms with Gasteiger partial charge >= 0.3 is 0 Å². The summed E-state index contributed by atoms with van der Waals surface area (Å²) in [6.45, 7) is 10.4. The van der Waals surface area contributed by atoms with Crippen molar-refractivity contribution in [1.29, 1.82) is 0 Å². The molecule has 2 rings (SSSR count). The summed E-state index contributed by atoms with van der Waals surface area (Å²) in [6, 6.07) is 5.45. The number of fused-ring (bicyclic) bond motifs is 1. The number of hydrogen-bond donors (Lipinski definition) is 1. The maximum absolute atomic E-state index is 13.8. The number of unbranched alkanes of at least 4 members (excludes halogenated alkanes) is 2. The molecule has 1 aromatic carbocycles. The molecule has 1 N–H and O–H groups in total. The number of aliphatic hydroxyl groups is 1. The molecule has 0 aliphatic carbocycles. The van der Waals surface area contributed by atoms with Crippen molar-refractivity contribution in [3.8, 4) is 0 Å². The largest absolute Gasteiger partial charge is 0.497 e. The van der Waals surface area contributed by atoms with E-state index in [0.717, 1.165) is 31.4 Å². The molecule has 6 heteroatoms. The molecule has 0 radical (unpaired) electrons. The molecule has 1 unspecified atom stereocenters. The fourth-order valence-electron chi connectivity index (χ4n) is 5.01. The van der Waals surface area contributed by atoms with Crippen molar-refractivity contribution in [2.75, 3.05) is 31.9 Å². The molecular weight excluding hydrogens is 446 g/mol. The van der Waals surface area contributed by atoms with Gasteiger partial charge in [0.2, 0.25) is 0 Å². The minimum atomic E-state index is -3.61. The van der Waals surface area contributed by atoms with Crippen molar-refractivity contribution in [3.63, 3.8) is 0 Å². The van der Waals surface area contributed by atoms with Gasteiger partial charge in [-0.1, -0.05) is 52.2 Å². The number of hydrogen-bond acceptors (Lipinski definition) is 5.